The predicted molar refractivity (Wildman–Crippen MR) is 72.6 cm³/mol. The summed E-state index contributed by atoms with van der Waals surface area (Å²) in [5.74, 6) is -0.838. The highest BCUT2D eigenvalue weighted by molar-refractivity contribution is 6.30. The second-order valence-corrected chi connectivity index (χ2v) is 4.75. The average molecular weight is 280 g/mol. The quantitative estimate of drug-likeness (QED) is 0.920. The van der Waals surface area contributed by atoms with Crippen LogP contribution >= 0.6 is 11.6 Å². The molecule has 0 saturated carbocycles. The summed E-state index contributed by atoms with van der Waals surface area (Å²) in [6, 6.07) is 5.31. The molecule has 0 unspecified atom stereocenters. The van der Waals surface area contributed by atoms with E-state index in [1.54, 1.807) is 18.2 Å². The van der Waals surface area contributed by atoms with Gasteiger partial charge in [0.2, 0.25) is 11.7 Å². The van der Waals surface area contributed by atoms with Crippen LogP contribution in [0, 0.1) is 6.92 Å². The highest BCUT2D eigenvalue weighted by Crippen LogP contribution is 2.27. The molecule has 0 aliphatic rings. The summed E-state index contributed by atoms with van der Waals surface area (Å²) < 4.78 is 5.38. The Morgan fingerprint density at radius 2 is 2.21 bits per heavy atom. The first-order valence-electron chi connectivity index (χ1n) is 6.02. The number of carboxylic acid groups (broad SMARTS) is 1. The van der Waals surface area contributed by atoms with Crippen molar-refractivity contribution in [1.82, 2.24) is 4.98 Å². The largest absolute Gasteiger partial charge is 0.475 e. The van der Waals surface area contributed by atoms with Crippen LogP contribution < -0.4 is 0 Å². The van der Waals surface area contributed by atoms with Crippen molar-refractivity contribution in [1.29, 1.82) is 0 Å². The minimum atomic E-state index is -1.09. The van der Waals surface area contributed by atoms with Gasteiger partial charge < -0.3 is 9.52 Å². The van der Waals surface area contributed by atoms with Crippen molar-refractivity contribution in [2.45, 2.75) is 26.7 Å². The maximum Gasteiger partial charge on any atom is 0.373 e. The van der Waals surface area contributed by atoms with E-state index >= 15 is 0 Å². The second-order valence-electron chi connectivity index (χ2n) is 4.31. The zero-order valence-corrected chi connectivity index (χ0v) is 11.5. The number of aromatic nitrogens is 1. The first kappa shape index (κ1) is 13.6. The summed E-state index contributed by atoms with van der Waals surface area (Å²) >= 11 is 5.90. The lowest BCUT2D eigenvalue weighted by Crippen LogP contribution is -1.99. The van der Waals surface area contributed by atoms with Crippen LogP contribution in [0.25, 0.3) is 11.5 Å². The van der Waals surface area contributed by atoms with Crippen molar-refractivity contribution in [2.24, 2.45) is 0 Å². The van der Waals surface area contributed by atoms with E-state index in [0.717, 1.165) is 17.5 Å². The van der Waals surface area contributed by atoms with Gasteiger partial charge in [0.1, 0.15) is 0 Å². The third kappa shape index (κ3) is 2.79. The van der Waals surface area contributed by atoms with Crippen molar-refractivity contribution in [3.63, 3.8) is 0 Å². The number of halogens is 1. The van der Waals surface area contributed by atoms with Crippen LogP contribution in [-0.4, -0.2) is 16.1 Å². The van der Waals surface area contributed by atoms with Gasteiger partial charge in [0.15, 0.2) is 0 Å². The van der Waals surface area contributed by atoms with E-state index in [1.165, 1.54) is 0 Å². The van der Waals surface area contributed by atoms with Gasteiger partial charge in [-0.1, -0.05) is 24.9 Å². The molecule has 4 nitrogen and oxygen atoms in total. The number of oxazole rings is 1. The van der Waals surface area contributed by atoms with Gasteiger partial charge in [-0.25, -0.2) is 9.78 Å². The van der Waals surface area contributed by atoms with Gasteiger partial charge in [-0.2, -0.15) is 0 Å². The molecule has 1 aromatic carbocycles. The van der Waals surface area contributed by atoms with Crippen molar-refractivity contribution in [2.75, 3.05) is 0 Å². The lowest BCUT2D eigenvalue weighted by Gasteiger charge is -2.01. The van der Waals surface area contributed by atoms with Crippen molar-refractivity contribution in [3.05, 3.63) is 40.2 Å². The van der Waals surface area contributed by atoms with Gasteiger partial charge in [-0.15, -0.1) is 0 Å². The average Bonchev–Trinajstić information content (AvgIpc) is 2.73. The molecule has 19 heavy (non-hydrogen) atoms. The maximum absolute atomic E-state index is 11.1. The van der Waals surface area contributed by atoms with E-state index < -0.39 is 5.97 Å². The van der Waals surface area contributed by atoms with Crippen molar-refractivity contribution < 1.29 is 14.3 Å². The number of nitrogens with zero attached hydrogens (tertiary/aromatic N) is 1. The van der Waals surface area contributed by atoms with E-state index in [4.69, 9.17) is 21.1 Å². The second kappa shape index (κ2) is 5.45. The number of aryl methyl sites for hydroxylation is 2. The number of rotatable bonds is 4. The lowest BCUT2D eigenvalue weighted by molar-refractivity contribution is 0.0661. The Morgan fingerprint density at radius 1 is 1.47 bits per heavy atom. The lowest BCUT2D eigenvalue weighted by atomic mass is 10.1. The van der Waals surface area contributed by atoms with Crippen LogP contribution in [0.2, 0.25) is 5.02 Å². The summed E-state index contributed by atoms with van der Waals surface area (Å²) in [7, 11) is 0. The summed E-state index contributed by atoms with van der Waals surface area (Å²) in [5, 5.41) is 9.74. The molecule has 0 atom stereocenters. The van der Waals surface area contributed by atoms with Crippen LogP contribution in [0.15, 0.2) is 22.6 Å². The van der Waals surface area contributed by atoms with Crippen LogP contribution in [0.4, 0.5) is 0 Å². The van der Waals surface area contributed by atoms with Gasteiger partial charge in [0.05, 0.1) is 5.69 Å². The van der Waals surface area contributed by atoms with Gasteiger partial charge in [-0.3, -0.25) is 0 Å². The fourth-order valence-electron chi connectivity index (χ4n) is 1.91. The SMILES string of the molecule is CCCc1nc(-c2ccc(Cl)cc2C)oc1C(=O)O. The van der Waals surface area contributed by atoms with Crippen LogP contribution in [0.5, 0.6) is 0 Å². The van der Waals surface area contributed by atoms with Gasteiger partial charge in [-0.05, 0) is 37.1 Å². The third-order valence-electron chi connectivity index (χ3n) is 2.80. The molecule has 0 amide bonds. The van der Waals surface area contributed by atoms with Crippen molar-refractivity contribution in [3.8, 4) is 11.5 Å². The normalized spacial score (nSPS) is 10.7. The number of carboxylic acids is 1. The Bertz CT molecular complexity index is 619. The molecule has 0 bridgehead atoms. The highest BCUT2D eigenvalue weighted by Gasteiger charge is 2.20. The molecule has 1 aromatic heterocycles. The molecule has 2 aromatic rings. The van der Waals surface area contributed by atoms with Gasteiger partial charge in [0, 0.05) is 10.6 Å². The zero-order chi connectivity index (χ0) is 14.0. The van der Waals surface area contributed by atoms with Crippen LogP contribution in [-0.2, 0) is 6.42 Å². The highest BCUT2D eigenvalue weighted by atomic mass is 35.5. The molecule has 0 spiro atoms. The number of hydrogen-bond donors (Lipinski definition) is 1. The van der Waals surface area contributed by atoms with E-state index in [-0.39, 0.29) is 5.76 Å². The number of hydrogen-bond acceptors (Lipinski definition) is 3. The summed E-state index contributed by atoms with van der Waals surface area (Å²) in [6.07, 6.45) is 1.39. The molecule has 0 aliphatic heterocycles. The predicted octanol–water partition coefficient (Wildman–Crippen LogP) is 3.95. The Kier molecular flexibility index (Phi) is 3.90. The summed E-state index contributed by atoms with van der Waals surface area (Å²) in [6.45, 7) is 3.85. The Morgan fingerprint density at radius 3 is 2.79 bits per heavy atom. The van der Waals surface area contributed by atoms with E-state index in [0.29, 0.717) is 23.0 Å². The summed E-state index contributed by atoms with van der Waals surface area (Å²) in [4.78, 5) is 15.4. The number of carbonyl (C=O) groups is 1. The number of benzene rings is 1. The molecule has 0 saturated heterocycles. The fourth-order valence-corrected chi connectivity index (χ4v) is 2.13. The third-order valence-corrected chi connectivity index (χ3v) is 3.03. The zero-order valence-electron chi connectivity index (χ0n) is 10.7. The minimum absolute atomic E-state index is 0.0776. The van der Waals surface area contributed by atoms with Crippen molar-refractivity contribution >= 4 is 17.6 Å². The monoisotopic (exact) mass is 279 g/mol. The maximum atomic E-state index is 11.1. The first-order valence-corrected chi connectivity index (χ1v) is 6.40. The van der Waals surface area contributed by atoms with Gasteiger partial charge in [0.25, 0.3) is 0 Å². The standard InChI is InChI=1S/C14H14ClNO3/c1-3-4-11-12(14(17)18)19-13(16-11)10-6-5-9(15)7-8(10)2/h5-7H,3-4H2,1-2H3,(H,17,18). The molecule has 0 radical (unpaired) electrons. The Hall–Kier alpha value is -1.81. The van der Waals surface area contributed by atoms with Gasteiger partial charge >= 0.3 is 5.97 Å². The molecular weight excluding hydrogens is 266 g/mol. The molecule has 0 fully saturated rings. The Balaban J connectivity index is 2.50. The van der Waals surface area contributed by atoms with E-state index in [9.17, 15) is 4.79 Å². The van der Waals surface area contributed by atoms with Crippen LogP contribution in [0.1, 0.15) is 35.2 Å². The number of aromatic carboxylic acids is 1. The molecule has 2 rings (SSSR count). The van der Waals surface area contributed by atoms with Crippen LogP contribution in [0.3, 0.4) is 0 Å². The molecule has 1 N–H and O–H groups in total. The topological polar surface area (TPSA) is 63.3 Å². The van der Waals surface area contributed by atoms with E-state index in [2.05, 4.69) is 4.98 Å². The minimum Gasteiger partial charge on any atom is -0.475 e. The first-order chi connectivity index (χ1) is 9.02. The molecule has 0 aliphatic carbocycles. The molecule has 1 heterocycles. The smallest absolute Gasteiger partial charge is 0.373 e. The van der Waals surface area contributed by atoms with E-state index in [1.807, 2.05) is 13.8 Å². The molecule has 100 valence electrons. The summed E-state index contributed by atoms with van der Waals surface area (Å²) in [5.41, 5.74) is 2.14. The fraction of sp³-hybridized carbons (Fsp3) is 0.286. The molecular formula is C14H14ClNO3. The molecule has 5 heteroatoms. The Labute approximate surface area is 116 Å².